The number of halogens is 3. The van der Waals surface area contributed by atoms with Gasteiger partial charge >= 0.3 is 18.1 Å². The Labute approximate surface area is 361 Å². The largest absolute Gasteiger partial charge is 0.497 e. The molecule has 334 valence electrons. The number of amides is 2. The molecular weight excluding hydrogens is 788 g/mol. The van der Waals surface area contributed by atoms with Crippen LogP contribution in [-0.4, -0.2) is 44.1 Å². The zero-order valence-electron chi connectivity index (χ0n) is 30.6. The predicted octanol–water partition coefficient (Wildman–Crippen LogP) is 12.6. The van der Waals surface area contributed by atoms with Gasteiger partial charge in [0.2, 0.25) is 11.8 Å². The topological polar surface area (TPSA) is 108 Å². The Hall–Kier alpha value is -6.17. The summed E-state index contributed by atoms with van der Waals surface area (Å²) in [6.07, 6.45) is 0.420. The third-order valence-corrected chi connectivity index (χ3v) is 9.48. The summed E-state index contributed by atoms with van der Waals surface area (Å²) in [7, 11) is 3.09. The first-order valence-electron chi connectivity index (χ1n) is 17.5. The average Bonchev–Trinajstić information content (AvgIpc) is 3.40. The normalized spacial score (nSPS) is 15.4. The van der Waals surface area contributed by atoms with Crippen LogP contribution in [0, 0.1) is 17.8 Å². The van der Waals surface area contributed by atoms with Crippen molar-refractivity contribution in [1.82, 2.24) is 0 Å². The number of ether oxygens (including phenoxy) is 4. The summed E-state index contributed by atoms with van der Waals surface area (Å²) in [5.74, 6) is -5.73. The fourth-order valence-corrected chi connectivity index (χ4v) is 6.44. The molecule has 12 heteroatoms. The van der Waals surface area contributed by atoms with E-state index in [-0.39, 0.29) is 68.2 Å². The van der Waals surface area contributed by atoms with Crippen LogP contribution in [0.15, 0.2) is 109 Å². The van der Waals surface area contributed by atoms with Gasteiger partial charge in [0.25, 0.3) is 0 Å². The number of esters is 2. The van der Waals surface area contributed by atoms with E-state index in [1.54, 1.807) is 74.9 Å². The lowest BCUT2D eigenvalue weighted by Crippen LogP contribution is -2.33. The molecular formula is C49H64F3NO8. The Balaban J connectivity index is 0. The zero-order chi connectivity index (χ0) is 39.7. The van der Waals surface area contributed by atoms with Gasteiger partial charge in [0.15, 0.2) is 0 Å². The standard InChI is InChI=1S/C43H40F3NO8.6CH4/c1-5-31(43(44,45)46)26-37(30-12-20-35(21-13-30)54-38(48)24-10-28-6-16-33(52-3)17-7-28)40-27(2)41(50)47(42(40)51)32-14-22-36(23-15-32)55-39(49)25-11-29-8-18-34(53-4)19-9-29;;;;;;/h6-25,27,31,37,40H,5,26H2,1-4H3;6*1H4/b24-10+,25-11+;;;;;;. The van der Waals surface area contributed by atoms with Crippen LogP contribution in [0.2, 0.25) is 0 Å². The number of imide groups is 1. The number of benzene rings is 4. The lowest BCUT2D eigenvalue weighted by Gasteiger charge is -2.29. The molecule has 4 atom stereocenters. The summed E-state index contributed by atoms with van der Waals surface area (Å²) >= 11 is 0. The van der Waals surface area contributed by atoms with Gasteiger partial charge in [-0.15, -0.1) is 0 Å². The van der Waals surface area contributed by atoms with Crippen LogP contribution in [0.5, 0.6) is 23.0 Å². The Bertz CT molecular complexity index is 2020. The van der Waals surface area contributed by atoms with Crippen molar-refractivity contribution in [3.8, 4) is 23.0 Å². The van der Waals surface area contributed by atoms with E-state index in [2.05, 4.69) is 0 Å². The van der Waals surface area contributed by atoms with Gasteiger partial charge in [-0.05, 0) is 108 Å². The molecule has 1 aliphatic heterocycles. The molecule has 0 aliphatic carbocycles. The lowest BCUT2D eigenvalue weighted by molar-refractivity contribution is -0.179. The van der Waals surface area contributed by atoms with Crippen molar-refractivity contribution in [1.29, 1.82) is 0 Å². The molecule has 0 bridgehead atoms. The van der Waals surface area contributed by atoms with E-state index < -0.39 is 60.0 Å². The number of hydrogen-bond acceptors (Lipinski definition) is 8. The smallest absolute Gasteiger partial charge is 0.391 e. The summed E-state index contributed by atoms with van der Waals surface area (Å²) in [5.41, 5.74) is 2.05. The zero-order valence-corrected chi connectivity index (χ0v) is 30.6. The van der Waals surface area contributed by atoms with Crippen LogP contribution in [-0.2, 0) is 19.2 Å². The van der Waals surface area contributed by atoms with Gasteiger partial charge in [0.1, 0.15) is 23.0 Å². The number of methoxy groups -OCH3 is 2. The molecule has 4 aromatic rings. The molecule has 0 spiro atoms. The minimum absolute atomic E-state index is 0. The molecule has 0 radical (unpaired) electrons. The van der Waals surface area contributed by atoms with E-state index in [1.807, 2.05) is 0 Å². The highest BCUT2D eigenvalue weighted by molar-refractivity contribution is 6.22. The number of carbonyl (C=O) groups is 4. The number of rotatable bonds is 14. The minimum Gasteiger partial charge on any atom is -0.497 e. The van der Waals surface area contributed by atoms with Crippen molar-refractivity contribution in [3.63, 3.8) is 0 Å². The molecule has 0 N–H and O–H groups in total. The molecule has 4 aromatic carbocycles. The molecule has 5 rings (SSSR count). The maximum atomic E-state index is 14.2. The van der Waals surface area contributed by atoms with Crippen LogP contribution in [0.1, 0.15) is 93.9 Å². The Kier molecular flexibility index (Phi) is 23.8. The first-order valence-corrected chi connectivity index (χ1v) is 17.5. The number of nitrogens with zero attached hydrogens (tertiary/aromatic N) is 1. The van der Waals surface area contributed by atoms with Gasteiger partial charge in [-0.1, -0.05) is 94.8 Å². The molecule has 2 amide bonds. The highest BCUT2D eigenvalue weighted by atomic mass is 19.4. The van der Waals surface area contributed by atoms with E-state index in [9.17, 15) is 32.3 Å². The first-order chi connectivity index (χ1) is 26.3. The summed E-state index contributed by atoms with van der Waals surface area (Å²) < 4.78 is 63.5. The first kappa shape index (κ1) is 56.9. The average molecular weight is 852 g/mol. The molecule has 1 heterocycles. The van der Waals surface area contributed by atoms with Crippen molar-refractivity contribution >= 4 is 41.6 Å². The Morgan fingerprint density at radius 2 is 1.03 bits per heavy atom. The molecule has 1 aliphatic rings. The summed E-state index contributed by atoms with van der Waals surface area (Å²) in [6, 6.07) is 25.7. The van der Waals surface area contributed by atoms with E-state index in [0.29, 0.717) is 17.1 Å². The Morgan fingerprint density at radius 1 is 0.639 bits per heavy atom. The van der Waals surface area contributed by atoms with E-state index in [4.69, 9.17) is 18.9 Å². The maximum Gasteiger partial charge on any atom is 0.391 e. The second kappa shape index (κ2) is 25.5. The van der Waals surface area contributed by atoms with E-state index in [1.165, 1.54) is 74.5 Å². The van der Waals surface area contributed by atoms with Crippen molar-refractivity contribution in [2.24, 2.45) is 17.8 Å². The van der Waals surface area contributed by atoms with Gasteiger partial charge in [-0.25, -0.2) is 9.59 Å². The molecule has 4 unspecified atom stereocenters. The van der Waals surface area contributed by atoms with Crippen LogP contribution in [0.25, 0.3) is 12.2 Å². The molecule has 1 fully saturated rings. The number of carbonyl (C=O) groups excluding carboxylic acids is 4. The van der Waals surface area contributed by atoms with E-state index >= 15 is 0 Å². The summed E-state index contributed by atoms with van der Waals surface area (Å²) in [6.45, 7) is 2.96. The Morgan fingerprint density at radius 3 is 1.41 bits per heavy atom. The molecule has 1 saturated heterocycles. The third-order valence-electron chi connectivity index (χ3n) is 9.48. The summed E-state index contributed by atoms with van der Waals surface area (Å²) in [4.78, 5) is 53.6. The van der Waals surface area contributed by atoms with Crippen LogP contribution in [0.4, 0.5) is 18.9 Å². The lowest BCUT2D eigenvalue weighted by atomic mass is 9.74. The quantitative estimate of drug-likeness (QED) is 0.0534. The molecule has 9 nitrogen and oxygen atoms in total. The molecule has 0 saturated carbocycles. The fraction of sp³-hybridized carbons (Fsp3) is 0.347. The van der Waals surface area contributed by atoms with Crippen LogP contribution < -0.4 is 23.8 Å². The predicted molar refractivity (Wildman–Crippen MR) is 241 cm³/mol. The highest BCUT2D eigenvalue weighted by Gasteiger charge is 2.51. The van der Waals surface area contributed by atoms with Crippen molar-refractivity contribution < 1.29 is 51.3 Å². The van der Waals surface area contributed by atoms with Gasteiger partial charge in [0, 0.05) is 18.1 Å². The molecule has 0 aromatic heterocycles. The second-order valence-corrected chi connectivity index (χ2v) is 12.9. The third kappa shape index (κ3) is 14.5. The second-order valence-electron chi connectivity index (χ2n) is 12.9. The fourth-order valence-electron chi connectivity index (χ4n) is 6.44. The van der Waals surface area contributed by atoms with Crippen LogP contribution >= 0.6 is 0 Å². The minimum atomic E-state index is -4.54. The van der Waals surface area contributed by atoms with Crippen molar-refractivity contribution in [3.05, 3.63) is 126 Å². The number of anilines is 1. The van der Waals surface area contributed by atoms with Gasteiger partial charge in [0.05, 0.1) is 31.7 Å². The van der Waals surface area contributed by atoms with Crippen molar-refractivity contribution in [2.45, 2.75) is 83.3 Å². The maximum absolute atomic E-state index is 14.2. The van der Waals surface area contributed by atoms with Crippen LogP contribution in [0.3, 0.4) is 0 Å². The molecule has 61 heavy (non-hydrogen) atoms. The van der Waals surface area contributed by atoms with Gasteiger partial charge in [-0.2, -0.15) is 13.2 Å². The highest BCUT2D eigenvalue weighted by Crippen LogP contribution is 2.46. The van der Waals surface area contributed by atoms with E-state index in [0.717, 1.165) is 16.0 Å². The number of hydrogen-bond donors (Lipinski definition) is 0. The number of alkyl halides is 3. The van der Waals surface area contributed by atoms with Crippen molar-refractivity contribution in [2.75, 3.05) is 19.1 Å². The summed E-state index contributed by atoms with van der Waals surface area (Å²) in [5, 5.41) is 0. The van der Waals surface area contributed by atoms with Gasteiger partial charge in [-0.3, -0.25) is 14.5 Å². The SMILES string of the molecule is C.C.C.C.C.C.CCC(CC(c1ccc(OC(=O)/C=C/c2ccc(OC)cc2)cc1)C1C(=O)N(c2ccc(OC(=O)/C=C/c3ccc(OC)cc3)cc2)C(=O)C1C)C(F)(F)F. The monoisotopic (exact) mass is 851 g/mol. The van der Waals surface area contributed by atoms with Gasteiger partial charge < -0.3 is 18.9 Å².